The Kier molecular flexibility index (Phi) is 7.93. The van der Waals surface area contributed by atoms with Gasteiger partial charge in [0.1, 0.15) is 5.82 Å². The van der Waals surface area contributed by atoms with Gasteiger partial charge in [-0.1, -0.05) is 87.9 Å². The van der Waals surface area contributed by atoms with Gasteiger partial charge >= 0.3 is 11.9 Å². The van der Waals surface area contributed by atoms with Crippen LogP contribution in [0.15, 0.2) is 48.5 Å². The molecule has 35 heavy (non-hydrogen) atoms. The molecular formula is C28H33F2N3O2. The molecule has 4 rings (SSSR count). The van der Waals surface area contributed by atoms with Crippen molar-refractivity contribution in [1.82, 2.24) is 14.8 Å². The second-order valence-electron chi connectivity index (χ2n) is 9.57. The first-order chi connectivity index (χ1) is 16.9. The quantitative estimate of drug-likeness (QED) is 0.335. The second kappa shape index (κ2) is 11.1. The summed E-state index contributed by atoms with van der Waals surface area (Å²) in [7, 11) is 0. The lowest BCUT2D eigenvalue weighted by atomic mass is 9.85. The maximum absolute atomic E-state index is 15.2. The summed E-state index contributed by atoms with van der Waals surface area (Å²) >= 11 is 0. The number of alkyl halides is 2. The van der Waals surface area contributed by atoms with Crippen LogP contribution in [-0.4, -0.2) is 25.8 Å². The molecule has 0 saturated heterocycles. The molecule has 1 heterocycles. The molecular weight excluding hydrogens is 448 g/mol. The summed E-state index contributed by atoms with van der Waals surface area (Å²) in [5, 5.41) is 13.7. The summed E-state index contributed by atoms with van der Waals surface area (Å²) in [6.45, 7) is 2.62. The molecule has 186 valence electrons. The molecule has 5 nitrogen and oxygen atoms in total. The molecule has 0 radical (unpaired) electrons. The third kappa shape index (κ3) is 6.13. The topological polar surface area (TPSA) is 68.0 Å². The van der Waals surface area contributed by atoms with Crippen LogP contribution in [-0.2, 0) is 18.9 Å². The highest BCUT2D eigenvalue weighted by Crippen LogP contribution is 2.38. The fourth-order valence-electron chi connectivity index (χ4n) is 4.90. The van der Waals surface area contributed by atoms with Gasteiger partial charge in [0.25, 0.3) is 0 Å². The highest BCUT2D eigenvalue weighted by molar-refractivity contribution is 5.95. The minimum atomic E-state index is -3.03. The Morgan fingerprint density at radius 3 is 2.49 bits per heavy atom. The van der Waals surface area contributed by atoms with Crippen molar-refractivity contribution in [1.29, 1.82) is 0 Å². The molecule has 0 aliphatic heterocycles. The largest absolute Gasteiger partial charge is 0.478 e. The van der Waals surface area contributed by atoms with E-state index < -0.39 is 11.9 Å². The van der Waals surface area contributed by atoms with Crippen LogP contribution in [0, 0.1) is 5.92 Å². The van der Waals surface area contributed by atoms with Gasteiger partial charge in [-0.05, 0) is 35.1 Å². The third-order valence-electron chi connectivity index (χ3n) is 6.85. The Balaban J connectivity index is 1.55. The van der Waals surface area contributed by atoms with Gasteiger partial charge < -0.3 is 5.11 Å². The van der Waals surface area contributed by atoms with Crippen molar-refractivity contribution >= 4 is 5.97 Å². The molecule has 1 saturated carbocycles. The summed E-state index contributed by atoms with van der Waals surface area (Å²) in [6, 6.07) is 14.4. The number of aromatic nitrogens is 3. The molecule has 7 heteroatoms. The van der Waals surface area contributed by atoms with Crippen LogP contribution in [0.5, 0.6) is 0 Å². The number of nitrogens with zero attached hydrogens (tertiary/aromatic N) is 3. The van der Waals surface area contributed by atoms with E-state index in [0.717, 1.165) is 56.1 Å². The van der Waals surface area contributed by atoms with Gasteiger partial charge in [-0.15, -0.1) is 5.10 Å². The predicted octanol–water partition coefficient (Wildman–Crippen LogP) is 7.10. The maximum Gasteiger partial charge on any atom is 0.336 e. The lowest BCUT2D eigenvalue weighted by molar-refractivity contribution is -0.0419. The smallest absolute Gasteiger partial charge is 0.336 e. The first kappa shape index (κ1) is 25.0. The molecule has 3 aromatic rings. The zero-order valence-electron chi connectivity index (χ0n) is 20.2. The van der Waals surface area contributed by atoms with E-state index >= 15 is 8.78 Å². The standard InChI is InChI=1S/C28H33F2N3O2/c1-2-3-17-33-25(31-27(32-33)28(29,30)19-21-9-5-4-6-10-21)18-20-13-15-22(16-14-20)23-11-7-8-12-24(23)26(34)35/h7-8,11-16,21H,2-6,9-10,17-19H2,1H3,(H,34,35). The Hall–Kier alpha value is -3.09. The predicted molar refractivity (Wildman–Crippen MR) is 132 cm³/mol. The Morgan fingerprint density at radius 1 is 1.09 bits per heavy atom. The van der Waals surface area contributed by atoms with Crippen molar-refractivity contribution in [3.8, 4) is 11.1 Å². The molecule has 0 spiro atoms. The second-order valence-corrected chi connectivity index (χ2v) is 9.57. The molecule has 0 unspecified atom stereocenters. The first-order valence-corrected chi connectivity index (χ1v) is 12.6. The van der Waals surface area contributed by atoms with E-state index in [2.05, 4.69) is 17.0 Å². The van der Waals surface area contributed by atoms with Crippen LogP contribution in [0.1, 0.15) is 85.9 Å². The molecule has 1 aliphatic carbocycles. The van der Waals surface area contributed by atoms with Crippen LogP contribution < -0.4 is 0 Å². The van der Waals surface area contributed by atoms with Gasteiger partial charge in [0.05, 0.1) is 5.56 Å². The van der Waals surface area contributed by atoms with Gasteiger partial charge in [-0.2, -0.15) is 8.78 Å². The molecule has 0 amide bonds. The number of hydrogen-bond acceptors (Lipinski definition) is 3. The van der Waals surface area contributed by atoms with E-state index in [0.29, 0.717) is 24.4 Å². The summed E-state index contributed by atoms with van der Waals surface area (Å²) in [5.41, 5.74) is 2.58. The first-order valence-electron chi connectivity index (χ1n) is 12.6. The van der Waals surface area contributed by atoms with E-state index in [1.165, 1.54) is 0 Å². The van der Waals surface area contributed by atoms with Crippen LogP contribution in [0.4, 0.5) is 8.78 Å². The Bertz CT molecular complexity index is 1140. The fraction of sp³-hybridized carbons (Fsp3) is 0.464. The van der Waals surface area contributed by atoms with Crippen LogP contribution in [0.2, 0.25) is 0 Å². The number of carboxylic acid groups (broad SMARTS) is 1. The van der Waals surface area contributed by atoms with E-state index in [1.807, 2.05) is 24.3 Å². The third-order valence-corrected chi connectivity index (χ3v) is 6.85. The van der Waals surface area contributed by atoms with Crippen molar-refractivity contribution in [2.75, 3.05) is 0 Å². The van der Waals surface area contributed by atoms with Gasteiger partial charge in [-0.25, -0.2) is 14.5 Å². The van der Waals surface area contributed by atoms with Gasteiger partial charge in [0.2, 0.25) is 5.82 Å². The zero-order valence-corrected chi connectivity index (χ0v) is 20.2. The van der Waals surface area contributed by atoms with Crippen molar-refractivity contribution < 1.29 is 18.7 Å². The van der Waals surface area contributed by atoms with Crippen molar-refractivity contribution in [3.63, 3.8) is 0 Å². The lowest BCUT2D eigenvalue weighted by Crippen LogP contribution is -2.22. The number of unbranched alkanes of at least 4 members (excludes halogenated alkanes) is 1. The average Bonchev–Trinajstić information content (AvgIpc) is 3.27. The highest BCUT2D eigenvalue weighted by Gasteiger charge is 2.39. The molecule has 1 N–H and O–H groups in total. The van der Waals surface area contributed by atoms with E-state index in [9.17, 15) is 9.90 Å². The summed E-state index contributed by atoms with van der Waals surface area (Å²) < 4.78 is 31.9. The van der Waals surface area contributed by atoms with E-state index in [1.54, 1.807) is 28.9 Å². The zero-order chi connectivity index (χ0) is 24.8. The van der Waals surface area contributed by atoms with E-state index in [4.69, 9.17) is 0 Å². The molecule has 1 fully saturated rings. The minimum Gasteiger partial charge on any atom is -0.478 e. The maximum atomic E-state index is 15.2. The Labute approximate surface area is 205 Å². The molecule has 1 aromatic heterocycles. The molecule has 0 atom stereocenters. The molecule has 1 aliphatic rings. The van der Waals surface area contributed by atoms with Gasteiger partial charge in [0, 0.05) is 19.4 Å². The van der Waals surface area contributed by atoms with Crippen molar-refractivity contribution in [2.45, 2.75) is 77.2 Å². The lowest BCUT2D eigenvalue weighted by Gasteiger charge is -2.24. The number of aromatic carboxylic acids is 1. The number of hydrogen-bond donors (Lipinski definition) is 1. The highest BCUT2D eigenvalue weighted by atomic mass is 19.3. The Morgan fingerprint density at radius 2 is 1.80 bits per heavy atom. The molecule has 2 aromatic carbocycles. The molecule has 0 bridgehead atoms. The summed E-state index contributed by atoms with van der Waals surface area (Å²) in [4.78, 5) is 15.9. The number of carbonyl (C=O) groups is 1. The number of rotatable bonds is 10. The van der Waals surface area contributed by atoms with E-state index in [-0.39, 0.29) is 23.7 Å². The van der Waals surface area contributed by atoms with Crippen LogP contribution >= 0.6 is 0 Å². The van der Waals surface area contributed by atoms with Gasteiger partial charge in [-0.3, -0.25) is 0 Å². The van der Waals surface area contributed by atoms with Crippen LogP contribution in [0.3, 0.4) is 0 Å². The van der Waals surface area contributed by atoms with Gasteiger partial charge in [0.15, 0.2) is 0 Å². The monoisotopic (exact) mass is 481 g/mol. The minimum absolute atomic E-state index is 0.0333. The number of benzene rings is 2. The fourth-order valence-corrected chi connectivity index (χ4v) is 4.90. The summed E-state index contributed by atoms with van der Waals surface area (Å²) in [6.07, 6.45) is 6.89. The SMILES string of the molecule is CCCCn1nc(C(F)(F)CC2CCCCC2)nc1Cc1ccc(-c2ccccc2C(=O)O)cc1. The number of aryl methyl sites for hydroxylation is 1. The van der Waals surface area contributed by atoms with Crippen LogP contribution in [0.25, 0.3) is 11.1 Å². The number of halogens is 2. The summed E-state index contributed by atoms with van der Waals surface area (Å²) in [5.74, 6) is -3.79. The number of carboxylic acids is 1. The average molecular weight is 482 g/mol. The van der Waals surface area contributed by atoms with Crippen molar-refractivity contribution in [3.05, 3.63) is 71.3 Å². The van der Waals surface area contributed by atoms with Crippen molar-refractivity contribution in [2.24, 2.45) is 5.92 Å². The normalized spacial score (nSPS) is 14.8.